The van der Waals surface area contributed by atoms with Gasteiger partial charge in [0.2, 0.25) is 0 Å². The van der Waals surface area contributed by atoms with Crippen LogP contribution in [-0.4, -0.2) is 74.0 Å². The van der Waals surface area contributed by atoms with Crippen molar-refractivity contribution >= 4 is 44.0 Å². The standard InChI is InChI=1S/C26H25ClN4O5S/c1-37(2,33)31-17-5-3-4-16(10-17)14-6-8-15(9-7-14)22-18(27)11-19-25(29-22)30-26(28-19)36-21-13-35-23-20(32)12-34-24(21)23/h3-11,20-21,23-24,32H,1,12-13H2,2H3,(H,31,33)(H,28,29,30). The summed E-state index contributed by atoms with van der Waals surface area (Å²) in [5.41, 5.74) is 5.25. The van der Waals surface area contributed by atoms with Gasteiger partial charge in [-0.15, -0.1) is 0 Å². The molecule has 0 radical (unpaired) electrons. The molecule has 9 nitrogen and oxygen atoms in total. The number of aliphatic hydroxyl groups excluding tert-OH is 1. The van der Waals surface area contributed by atoms with Crippen molar-refractivity contribution in [3.05, 3.63) is 59.6 Å². The quantitative estimate of drug-likeness (QED) is 0.320. The van der Waals surface area contributed by atoms with E-state index in [0.29, 0.717) is 28.5 Å². The van der Waals surface area contributed by atoms with Gasteiger partial charge in [0.25, 0.3) is 6.01 Å². The molecule has 2 aliphatic heterocycles. The number of rotatable bonds is 6. The highest BCUT2D eigenvalue weighted by Crippen LogP contribution is 2.33. The first-order chi connectivity index (χ1) is 17.7. The Bertz CT molecular complexity index is 1570. The number of fused-ring (bicyclic) bond motifs is 2. The normalized spacial score (nSPS) is 24.6. The van der Waals surface area contributed by atoms with Crippen molar-refractivity contribution < 1.29 is 23.5 Å². The number of hydrogen-bond acceptors (Lipinski definition) is 7. The first-order valence-electron chi connectivity index (χ1n) is 11.7. The number of aromatic nitrogens is 3. The summed E-state index contributed by atoms with van der Waals surface area (Å²) in [6.07, 6.45) is -0.185. The van der Waals surface area contributed by atoms with Crippen LogP contribution in [0.5, 0.6) is 6.01 Å². The van der Waals surface area contributed by atoms with Crippen LogP contribution in [0, 0.1) is 0 Å². The van der Waals surface area contributed by atoms with Gasteiger partial charge in [-0.1, -0.05) is 48.0 Å². The lowest BCUT2D eigenvalue weighted by molar-refractivity contribution is 0.00706. The molecular weight excluding hydrogens is 516 g/mol. The molecule has 11 heteroatoms. The SMILES string of the molecule is C=S(C)(=O)Nc1cccc(-c2ccc(-c3nc4nc(OC5COC6C(O)COC56)[nH]c4cc3Cl)cc2)c1. The van der Waals surface area contributed by atoms with Crippen molar-refractivity contribution in [1.82, 2.24) is 15.0 Å². The molecule has 192 valence electrons. The van der Waals surface area contributed by atoms with Crippen LogP contribution in [0.3, 0.4) is 0 Å². The molecule has 0 saturated carbocycles. The van der Waals surface area contributed by atoms with E-state index in [-0.39, 0.29) is 30.9 Å². The number of aliphatic hydroxyl groups is 1. The monoisotopic (exact) mass is 540 g/mol. The fraction of sp³-hybridized carbons (Fsp3) is 0.269. The van der Waals surface area contributed by atoms with E-state index < -0.39 is 15.8 Å². The molecule has 2 aromatic heterocycles. The first-order valence-corrected chi connectivity index (χ1v) is 14.2. The number of anilines is 1. The predicted octanol–water partition coefficient (Wildman–Crippen LogP) is 3.52. The highest BCUT2D eigenvalue weighted by atomic mass is 35.5. The molecule has 5 unspecified atom stereocenters. The molecule has 2 fully saturated rings. The van der Waals surface area contributed by atoms with Crippen molar-refractivity contribution in [3.8, 4) is 28.4 Å². The van der Waals surface area contributed by atoms with Crippen LogP contribution >= 0.6 is 11.6 Å². The average molecular weight is 541 g/mol. The fourth-order valence-corrected chi connectivity index (χ4v) is 5.56. The van der Waals surface area contributed by atoms with Gasteiger partial charge in [-0.3, -0.25) is 0 Å². The Kier molecular flexibility index (Phi) is 6.09. The van der Waals surface area contributed by atoms with Crippen molar-refractivity contribution in [2.75, 3.05) is 24.2 Å². The molecule has 2 aliphatic rings. The Morgan fingerprint density at radius 3 is 2.62 bits per heavy atom. The molecule has 2 saturated heterocycles. The van der Waals surface area contributed by atoms with E-state index in [1.54, 1.807) is 12.3 Å². The third-order valence-corrected chi connectivity index (χ3v) is 7.29. The van der Waals surface area contributed by atoms with Gasteiger partial charge in [0.1, 0.15) is 18.3 Å². The zero-order valence-corrected chi connectivity index (χ0v) is 21.5. The summed E-state index contributed by atoms with van der Waals surface area (Å²) in [5.74, 6) is 3.65. The van der Waals surface area contributed by atoms with Crippen molar-refractivity contribution in [2.45, 2.75) is 24.4 Å². The molecule has 37 heavy (non-hydrogen) atoms. The van der Waals surface area contributed by atoms with E-state index in [4.69, 9.17) is 25.8 Å². The van der Waals surface area contributed by atoms with Crippen molar-refractivity contribution in [2.24, 2.45) is 0 Å². The number of nitrogens with one attached hydrogen (secondary N) is 2. The Morgan fingerprint density at radius 2 is 1.84 bits per heavy atom. The van der Waals surface area contributed by atoms with Gasteiger partial charge in [0.15, 0.2) is 11.8 Å². The van der Waals surface area contributed by atoms with Crippen LogP contribution < -0.4 is 9.46 Å². The molecule has 5 atom stereocenters. The van der Waals surface area contributed by atoms with E-state index in [0.717, 1.165) is 22.4 Å². The van der Waals surface area contributed by atoms with Gasteiger partial charge >= 0.3 is 0 Å². The maximum Gasteiger partial charge on any atom is 0.296 e. The van der Waals surface area contributed by atoms with E-state index >= 15 is 0 Å². The van der Waals surface area contributed by atoms with Crippen LogP contribution in [0.25, 0.3) is 33.5 Å². The molecule has 2 aromatic carbocycles. The lowest BCUT2D eigenvalue weighted by atomic mass is 10.0. The predicted molar refractivity (Wildman–Crippen MR) is 144 cm³/mol. The summed E-state index contributed by atoms with van der Waals surface area (Å²) in [5, 5.41) is 10.4. The number of nitrogens with zero attached hydrogens (tertiary/aromatic N) is 2. The highest BCUT2D eigenvalue weighted by Gasteiger charge is 2.48. The van der Waals surface area contributed by atoms with Crippen LogP contribution in [0.15, 0.2) is 54.6 Å². The van der Waals surface area contributed by atoms with Crippen LogP contribution in [0.1, 0.15) is 0 Å². The summed E-state index contributed by atoms with van der Waals surface area (Å²) in [4.78, 5) is 12.3. The molecular formula is C26H25ClN4O5S. The second-order valence-electron chi connectivity index (χ2n) is 9.32. The Balaban J connectivity index is 1.23. The maximum absolute atomic E-state index is 12.0. The topological polar surface area (TPSA) is 119 Å². The van der Waals surface area contributed by atoms with E-state index in [2.05, 4.69) is 25.5 Å². The van der Waals surface area contributed by atoms with Crippen LogP contribution in [0.4, 0.5) is 5.69 Å². The van der Waals surface area contributed by atoms with Crippen molar-refractivity contribution in [3.63, 3.8) is 0 Å². The number of H-pyrrole nitrogens is 1. The Hall–Kier alpha value is -3.15. The zero-order valence-electron chi connectivity index (χ0n) is 19.9. The molecule has 0 amide bonds. The summed E-state index contributed by atoms with van der Waals surface area (Å²) >= 11 is 6.59. The molecule has 4 heterocycles. The third-order valence-electron chi connectivity index (χ3n) is 6.34. The molecule has 0 aliphatic carbocycles. The Morgan fingerprint density at radius 1 is 1.08 bits per heavy atom. The first kappa shape index (κ1) is 24.2. The Labute approximate surface area is 218 Å². The molecule has 6 rings (SSSR count). The number of halogens is 1. The van der Waals surface area contributed by atoms with E-state index in [1.165, 1.54) is 0 Å². The number of pyridine rings is 1. The van der Waals surface area contributed by atoms with Crippen LogP contribution in [0.2, 0.25) is 5.02 Å². The van der Waals surface area contributed by atoms with Gasteiger partial charge in [0, 0.05) is 27.2 Å². The number of benzene rings is 2. The molecule has 0 spiro atoms. The zero-order chi connectivity index (χ0) is 25.7. The lowest BCUT2D eigenvalue weighted by Crippen LogP contribution is -2.34. The fourth-order valence-electron chi connectivity index (χ4n) is 4.67. The van der Waals surface area contributed by atoms with Crippen LogP contribution in [-0.2, 0) is 19.2 Å². The van der Waals surface area contributed by atoms with Gasteiger partial charge in [-0.05, 0) is 35.2 Å². The smallest absolute Gasteiger partial charge is 0.296 e. The van der Waals surface area contributed by atoms with Crippen molar-refractivity contribution in [1.29, 1.82) is 0 Å². The van der Waals surface area contributed by atoms with Gasteiger partial charge in [-0.25, -0.2) is 9.19 Å². The lowest BCUT2D eigenvalue weighted by Gasteiger charge is -2.15. The maximum atomic E-state index is 12.0. The minimum Gasteiger partial charge on any atom is -0.456 e. The number of hydrogen-bond donors (Lipinski definition) is 3. The van der Waals surface area contributed by atoms with Gasteiger partial charge in [0.05, 0.1) is 29.4 Å². The van der Waals surface area contributed by atoms with E-state index in [9.17, 15) is 9.32 Å². The molecule has 4 aromatic rings. The van der Waals surface area contributed by atoms with E-state index in [1.807, 2.05) is 48.5 Å². The second kappa shape index (κ2) is 9.30. The number of aromatic amines is 1. The summed E-state index contributed by atoms with van der Waals surface area (Å²) in [6, 6.07) is 17.6. The summed E-state index contributed by atoms with van der Waals surface area (Å²) in [6.45, 7) is 0.536. The molecule has 0 bridgehead atoms. The van der Waals surface area contributed by atoms with Gasteiger partial charge < -0.3 is 29.0 Å². The van der Waals surface area contributed by atoms with Gasteiger partial charge in [-0.2, -0.15) is 4.98 Å². The number of ether oxygens (including phenoxy) is 3. The number of imidazole rings is 1. The third kappa shape index (κ3) is 4.90. The summed E-state index contributed by atoms with van der Waals surface area (Å²) < 4.78 is 32.1. The minimum absolute atomic E-state index is 0.230. The minimum atomic E-state index is -2.37. The molecule has 3 N–H and O–H groups in total. The highest BCUT2D eigenvalue weighted by molar-refractivity contribution is 8.00. The summed E-state index contributed by atoms with van der Waals surface area (Å²) in [7, 11) is -2.37. The second-order valence-corrected chi connectivity index (χ2v) is 11.9. The largest absolute Gasteiger partial charge is 0.456 e. The average Bonchev–Trinajstić information content (AvgIpc) is 3.54.